The number of rotatable bonds is 5. The second-order valence-electron chi connectivity index (χ2n) is 12.3. The molecule has 0 atom stereocenters. The molecule has 4 aliphatic carbocycles. The van der Waals surface area contributed by atoms with Crippen LogP contribution >= 0.6 is 0 Å². The predicted octanol–water partition coefficient (Wildman–Crippen LogP) is 2.10. The summed E-state index contributed by atoms with van der Waals surface area (Å²) in [7, 11) is 0. The Labute approximate surface area is 178 Å². The van der Waals surface area contributed by atoms with Crippen molar-refractivity contribution in [1.29, 1.82) is 0 Å². The number of nitrogens with zero attached hydrogens (tertiary/aromatic N) is 2. The number of amides is 2. The Morgan fingerprint density at radius 1 is 0.862 bits per heavy atom. The van der Waals surface area contributed by atoms with Crippen LogP contribution in [-0.4, -0.2) is 72.0 Å². The maximum Gasteiger partial charge on any atom is 0.234 e. The number of likely N-dealkylation sites (tertiary alicyclic amines) is 2. The van der Waals surface area contributed by atoms with Gasteiger partial charge in [-0.15, -0.1) is 0 Å². The standard InChI is InChI=1S/C23H38N4O2.2H2/c1-21(2,3)24-19(28)10-26-12-22(13-26)14-27(15-22)11-20(29)25-23-7-16-4-17(8-23)6-18(5-16)9-23;;/h16-18H,4-15H2,1-3H3,(H,24,28)(H,25,29);2*1H. The molecule has 6 aliphatic rings. The molecule has 1 spiro atoms. The van der Waals surface area contributed by atoms with E-state index >= 15 is 0 Å². The molecular weight excluding hydrogens is 364 g/mol. The first kappa shape index (κ1) is 19.8. The van der Waals surface area contributed by atoms with Crippen LogP contribution in [0.4, 0.5) is 0 Å². The Hall–Kier alpha value is -1.14. The molecule has 4 saturated carbocycles. The van der Waals surface area contributed by atoms with Crippen LogP contribution in [0.15, 0.2) is 0 Å². The normalized spacial score (nSPS) is 37.8. The molecule has 6 rings (SSSR count). The Balaban J connectivity index is 0.00000136. The van der Waals surface area contributed by atoms with E-state index in [1.54, 1.807) is 0 Å². The maximum atomic E-state index is 12.8. The van der Waals surface area contributed by atoms with Crippen LogP contribution in [0, 0.1) is 23.2 Å². The predicted molar refractivity (Wildman–Crippen MR) is 116 cm³/mol. The summed E-state index contributed by atoms with van der Waals surface area (Å²) >= 11 is 0. The number of hydrogen-bond acceptors (Lipinski definition) is 4. The zero-order valence-corrected chi connectivity index (χ0v) is 18.4. The Morgan fingerprint density at radius 2 is 1.31 bits per heavy atom. The van der Waals surface area contributed by atoms with Gasteiger partial charge in [0.05, 0.1) is 13.1 Å². The second-order valence-corrected chi connectivity index (χ2v) is 12.3. The highest BCUT2D eigenvalue weighted by Gasteiger charge is 2.54. The lowest BCUT2D eigenvalue weighted by Gasteiger charge is -2.60. The first-order valence-electron chi connectivity index (χ1n) is 11.7. The van der Waals surface area contributed by atoms with E-state index in [-0.39, 0.29) is 25.7 Å². The van der Waals surface area contributed by atoms with Crippen LogP contribution in [-0.2, 0) is 9.59 Å². The van der Waals surface area contributed by atoms with Gasteiger partial charge in [-0.05, 0) is 77.0 Å². The van der Waals surface area contributed by atoms with Crippen molar-refractivity contribution >= 4 is 11.8 Å². The van der Waals surface area contributed by atoms with Crippen LogP contribution in [0.1, 0.15) is 62.1 Å². The van der Waals surface area contributed by atoms with Crippen LogP contribution in [0.3, 0.4) is 0 Å². The summed E-state index contributed by atoms with van der Waals surface area (Å²) < 4.78 is 0. The first-order chi connectivity index (χ1) is 13.6. The number of hydrogen-bond donors (Lipinski definition) is 2. The monoisotopic (exact) mass is 406 g/mol. The van der Waals surface area contributed by atoms with E-state index in [4.69, 9.17) is 0 Å². The molecule has 2 aliphatic heterocycles. The summed E-state index contributed by atoms with van der Waals surface area (Å²) in [6, 6.07) is 0. The van der Waals surface area contributed by atoms with Gasteiger partial charge in [0.2, 0.25) is 11.8 Å². The Morgan fingerprint density at radius 3 is 1.76 bits per heavy atom. The van der Waals surface area contributed by atoms with E-state index < -0.39 is 0 Å². The SMILES string of the molecule is CC(C)(C)NC(=O)CN1CC2(C1)CN(CC(=O)NC13CC4CC(CC(C4)C1)C3)C2.[HH].[HH]. The van der Waals surface area contributed by atoms with Crippen molar-refractivity contribution < 1.29 is 12.4 Å². The molecular formula is C23H42N4O2. The van der Waals surface area contributed by atoms with E-state index in [0.29, 0.717) is 18.5 Å². The molecule has 2 heterocycles. The topological polar surface area (TPSA) is 64.7 Å². The minimum atomic E-state index is -0.170. The average molecular weight is 407 g/mol. The quantitative estimate of drug-likeness (QED) is 0.734. The van der Waals surface area contributed by atoms with Crippen LogP contribution in [0.25, 0.3) is 0 Å². The van der Waals surface area contributed by atoms with Crippen LogP contribution in [0.2, 0.25) is 0 Å². The highest BCUT2D eigenvalue weighted by molar-refractivity contribution is 5.79. The third-order valence-electron chi connectivity index (χ3n) is 7.93. The number of carbonyl (C=O) groups is 2. The van der Waals surface area contributed by atoms with Gasteiger partial charge < -0.3 is 10.6 Å². The molecule has 166 valence electrons. The molecule has 6 heteroatoms. The molecule has 0 aromatic carbocycles. The molecule has 2 N–H and O–H groups in total. The fourth-order valence-electron chi connectivity index (χ4n) is 7.69. The van der Waals surface area contributed by atoms with Gasteiger partial charge in [-0.25, -0.2) is 0 Å². The van der Waals surface area contributed by atoms with Crippen molar-refractivity contribution in [2.75, 3.05) is 39.3 Å². The smallest absolute Gasteiger partial charge is 0.234 e. The molecule has 4 bridgehead atoms. The minimum Gasteiger partial charge on any atom is -0.350 e. The van der Waals surface area contributed by atoms with Gasteiger partial charge in [0, 0.05) is 45.5 Å². The fourth-order valence-corrected chi connectivity index (χ4v) is 7.69. The molecule has 0 unspecified atom stereocenters. The number of nitrogens with one attached hydrogen (secondary N) is 2. The third-order valence-corrected chi connectivity index (χ3v) is 7.93. The summed E-state index contributed by atoms with van der Waals surface area (Å²) in [5, 5.41) is 6.53. The lowest BCUT2D eigenvalue weighted by atomic mass is 9.53. The fraction of sp³-hybridized carbons (Fsp3) is 0.913. The molecule has 6 fully saturated rings. The highest BCUT2D eigenvalue weighted by atomic mass is 16.2. The Bertz CT molecular complexity index is 659. The first-order valence-corrected chi connectivity index (χ1v) is 11.7. The van der Waals surface area contributed by atoms with E-state index in [0.717, 1.165) is 43.9 Å². The molecule has 2 saturated heterocycles. The summed E-state index contributed by atoms with van der Waals surface area (Å²) in [5.41, 5.74) is 0.280. The molecule has 2 amide bonds. The number of carbonyl (C=O) groups excluding carboxylic acids is 2. The van der Waals surface area contributed by atoms with Crippen LogP contribution < -0.4 is 10.6 Å². The second kappa shape index (κ2) is 6.68. The van der Waals surface area contributed by atoms with Crippen molar-refractivity contribution in [3.05, 3.63) is 0 Å². The average Bonchev–Trinajstić information content (AvgIpc) is 2.46. The minimum absolute atomic E-state index is 0. The van der Waals surface area contributed by atoms with E-state index in [9.17, 15) is 9.59 Å². The maximum absolute atomic E-state index is 12.8. The van der Waals surface area contributed by atoms with Crippen molar-refractivity contribution in [1.82, 2.24) is 20.4 Å². The molecule has 0 radical (unpaired) electrons. The lowest BCUT2D eigenvalue weighted by Crippen LogP contribution is -2.73. The van der Waals surface area contributed by atoms with E-state index in [1.807, 2.05) is 20.8 Å². The van der Waals surface area contributed by atoms with Crippen molar-refractivity contribution in [3.63, 3.8) is 0 Å². The zero-order valence-electron chi connectivity index (χ0n) is 18.4. The highest BCUT2D eigenvalue weighted by Crippen LogP contribution is 2.55. The zero-order chi connectivity index (χ0) is 20.4. The van der Waals surface area contributed by atoms with Gasteiger partial charge in [0.1, 0.15) is 0 Å². The van der Waals surface area contributed by atoms with Crippen molar-refractivity contribution in [2.45, 2.75) is 70.4 Å². The van der Waals surface area contributed by atoms with Gasteiger partial charge in [-0.2, -0.15) is 0 Å². The van der Waals surface area contributed by atoms with Crippen molar-refractivity contribution in [3.8, 4) is 0 Å². The van der Waals surface area contributed by atoms with Gasteiger partial charge in [0.25, 0.3) is 0 Å². The summed E-state index contributed by atoms with van der Waals surface area (Å²) in [6.45, 7) is 11.1. The summed E-state index contributed by atoms with van der Waals surface area (Å²) in [5.74, 6) is 2.95. The van der Waals surface area contributed by atoms with Gasteiger partial charge in [-0.3, -0.25) is 19.4 Å². The van der Waals surface area contributed by atoms with Gasteiger partial charge in [-0.1, -0.05) is 0 Å². The van der Waals surface area contributed by atoms with E-state index in [2.05, 4.69) is 20.4 Å². The summed E-state index contributed by atoms with van der Waals surface area (Å²) in [4.78, 5) is 29.4. The Kier molecular flexibility index (Phi) is 4.56. The third kappa shape index (κ3) is 4.07. The summed E-state index contributed by atoms with van der Waals surface area (Å²) in [6.07, 6.45) is 7.90. The van der Waals surface area contributed by atoms with Crippen molar-refractivity contribution in [2.24, 2.45) is 23.2 Å². The molecule has 6 nitrogen and oxygen atoms in total. The largest absolute Gasteiger partial charge is 0.350 e. The molecule has 0 aromatic rings. The molecule has 0 aromatic heterocycles. The van der Waals surface area contributed by atoms with Crippen LogP contribution in [0.5, 0.6) is 0 Å². The lowest BCUT2D eigenvalue weighted by molar-refractivity contribution is -0.145. The van der Waals surface area contributed by atoms with E-state index in [1.165, 1.54) is 38.5 Å². The molecule has 29 heavy (non-hydrogen) atoms. The van der Waals surface area contributed by atoms with Gasteiger partial charge >= 0.3 is 0 Å². The van der Waals surface area contributed by atoms with Gasteiger partial charge in [0.15, 0.2) is 0 Å².